The van der Waals surface area contributed by atoms with Gasteiger partial charge in [0, 0.05) is 4.47 Å². The van der Waals surface area contributed by atoms with Gasteiger partial charge < -0.3 is 10.1 Å². The molecule has 9 heteroatoms. The molecule has 4 rings (SSSR count). The summed E-state index contributed by atoms with van der Waals surface area (Å²) >= 11 is 9.37. The average Bonchev–Trinajstić information content (AvgIpc) is 3.38. The molecule has 1 aromatic rings. The van der Waals surface area contributed by atoms with E-state index in [0.29, 0.717) is 10.7 Å². The number of ether oxygens (including phenoxy) is 1. The molecular weight excluding hydrogens is 488 g/mol. The van der Waals surface area contributed by atoms with Crippen LogP contribution in [0.25, 0.3) is 0 Å². The van der Waals surface area contributed by atoms with Gasteiger partial charge in [-0.3, -0.25) is 19.3 Å². The first-order valence-electron chi connectivity index (χ1n) is 10.5. The molecule has 3 fully saturated rings. The average molecular weight is 512 g/mol. The van der Waals surface area contributed by atoms with Gasteiger partial charge in [0.15, 0.2) is 6.61 Å². The van der Waals surface area contributed by atoms with Crippen molar-refractivity contribution in [2.24, 2.45) is 29.6 Å². The Balaban J connectivity index is 1.42. The standard InChI is InChI=1S/C22H24BrClN2O5/c1-10(2)19(26-20(28)17-11-3-4-12(7-11)18(17)21(26)29)22(30)31-9-16(27)25-15-6-5-13(23)8-14(15)24/h5-6,8,10-12,17-19H,3-4,7,9H2,1-2H3,(H,25,27)/t11-,12-,17-,18-,19+/m0/s1. The van der Waals surface area contributed by atoms with Crippen molar-refractivity contribution >= 4 is 56.9 Å². The smallest absolute Gasteiger partial charge is 0.330 e. The number of imide groups is 1. The minimum atomic E-state index is -1.03. The van der Waals surface area contributed by atoms with E-state index in [1.807, 2.05) is 0 Å². The number of nitrogens with one attached hydrogen (secondary N) is 1. The van der Waals surface area contributed by atoms with Crippen molar-refractivity contribution in [2.45, 2.75) is 39.2 Å². The summed E-state index contributed by atoms with van der Waals surface area (Å²) in [7, 11) is 0. The third kappa shape index (κ3) is 4.00. The van der Waals surface area contributed by atoms with Crippen molar-refractivity contribution in [3.8, 4) is 0 Å². The molecule has 1 N–H and O–H groups in total. The molecule has 3 amide bonds. The topological polar surface area (TPSA) is 92.8 Å². The first-order valence-corrected chi connectivity index (χ1v) is 11.6. The summed E-state index contributed by atoms with van der Waals surface area (Å²) in [5.74, 6) is -2.29. The summed E-state index contributed by atoms with van der Waals surface area (Å²) in [5.41, 5.74) is 0.388. The maximum atomic E-state index is 13.1. The molecule has 166 valence electrons. The number of halogens is 2. The molecule has 1 aliphatic heterocycles. The highest BCUT2D eigenvalue weighted by atomic mass is 79.9. The second-order valence-electron chi connectivity index (χ2n) is 8.90. The number of rotatable bonds is 6. The van der Waals surface area contributed by atoms with Crippen LogP contribution in [0.2, 0.25) is 5.02 Å². The number of nitrogens with zero attached hydrogens (tertiary/aromatic N) is 1. The van der Waals surface area contributed by atoms with Gasteiger partial charge in [0.1, 0.15) is 6.04 Å². The normalized spacial score (nSPS) is 27.6. The van der Waals surface area contributed by atoms with E-state index in [9.17, 15) is 19.2 Å². The van der Waals surface area contributed by atoms with E-state index in [-0.39, 0.29) is 41.4 Å². The highest BCUT2D eigenvalue weighted by molar-refractivity contribution is 9.10. The fraction of sp³-hybridized carbons (Fsp3) is 0.545. The largest absolute Gasteiger partial charge is 0.454 e. The van der Waals surface area contributed by atoms with Crippen molar-refractivity contribution in [2.75, 3.05) is 11.9 Å². The number of anilines is 1. The first-order chi connectivity index (χ1) is 14.7. The molecule has 2 bridgehead atoms. The zero-order valence-corrected chi connectivity index (χ0v) is 19.6. The van der Waals surface area contributed by atoms with Gasteiger partial charge in [0.05, 0.1) is 22.5 Å². The van der Waals surface area contributed by atoms with E-state index in [2.05, 4.69) is 21.2 Å². The Labute approximate surface area is 193 Å². The van der Waals surface area contributed by atoms with Gasteiger partial charge in [-0.25, -0.2) is 4.79 Å². The number of hydrogen-bond donors (Lipinski definition) is 1. The van der Waals surface area contributed by atoms with Crippen LogP contribution in [0.5, 0.6) is 0 Å². The molecule has 3 aliphatic rings. The van der Waals surface area contributed by atoms with Gasteiger partial charge in [0.2, 0.25) is 11.8 Å². The minimum Gasteiger partial charge on any atom is -0.454 e. The third-order valence-corrected chi connectivity index (χ3v) is 7.47. The Bertz CT molecular complexity index is 924. The number of carbonyl (C=O) groups excluding carboxylic acids is 4. The quantitative estimate of drug-likeness (QED) is 0.465. The van der Waals surface area contributed by atoms with Gasteiger partial charge >= 0.3 is 5.97 Å². The van der Waals surface area contributed by atoms with E-state index < -0.39 is 24.5 Å². The van der Waals surface area contributed by atoms with E-state index >= 15 is 0 Å². The number of esters is 1. The number of fused-ring (bicyclic) bond motifs is 5. The molecule has 0 unspecified atom stereocenters. The lowest BCUT2D eigenvalue weighted by atomic mass is 9.81. The van der Waals surface area contributed by atoms with Gasteiger partial charge in [-0.2, -0.15) is 0 Å². The lowest BCUT2D eigenvalue weighted by Gasteiger charge is -2.28. The van der Waals surface area contributed by atoms with Crippen molar-refractivity contribution < 1.29 is 23.9 Å². The van der Waals surface area contributed by atoms with Gasteiger partial charge in [-0.05, 0) is 55.2 Å². The predicted octanol–water partition coefficient (Wildman–Crippen LogP) is 3.64. The number of amides is 3. The van der Waals surface area contributed by atoms with Gasteiger partial charge in [-0.1, -0.05) is 41.4 Å². The van der Waals surface area contributed by atoms with Crippen LogP contribution in [0.1, 0.15) is 33.1 Å². The molecule has 0 spiro atoms. The molecule has 1 heterocycles. The van der Waals surface area contributed by atoms with Crippen LogP contribution in [0.15, 0.2) is 22.7 Å². The van der Waals surface area contributed by atoms with E-state index in [4.69, 9.17) is 16.3 Å². The summed E-state index contributed by atoms with van der Waals surface area (Å²) < 4.78 is 5.98. The number of likely N-dealkylation sites (tertiary alicyclic amines) is 1. The molecular formula is C22H24BrClN2O5. The Morgan fingerprint density at radius 3 is 2.35 bits per heavy atom. The van der Waals surface area contributed by atoms with E-state index in [1.165, 1.54) is 0 Å². The maximum absolute atomic E-state index is 13.1. The molecule has 0 aromatic heterocycles. The maximum Gasteiger partial charge on any atom is 0.330 e. The molecule has 1 saturated heterocycles. The zero-order chi connectivity index (χ0) is 22.4. The number of benzene rings is 1. The fourth-order valence-corrected chi connectivity index (χ4v) is 6.10. The molecule has 2 aliphatic carbocycles. The zero-order valence-electron chi connectivity index (χ0n) is 17.3. The van der Waals surface area contributed by atoms with Crippen LogP contribution in [0.4, 0.5) is 5.69 Å². The monoisotopic (exact) mass is 510 g/mol. The summed E-state index contributed by atoms with van der Waals surface area (Å²) in [6.07, 6.45) is 2.86. The minimum absolute atomic E-state index is 0.238. The van der Waals surface area contributed by atoms with E-state index in [0.717, 1.165) is 28.6 Å². The van der Waals surface area contributed by atoms with Crippen molar-refractivity contribution in [1.82, 2.24) is 4.90 Å². The van der Waals surface area contributed by atoms with Crippen LogP contribution in [-0.2, 0) is 23.9 Å². The molecule has 2 saturated carbocycles. The third-order valence-electron chi connectivity index (χ3n) is 6.66. The summed E-state index contributed by atoms with van der Waals surface area (Å²) in [4.78, 5) is 52.4. The Morgan fingerprint density at radius 2 is 1.81 bits per heavy atom. The summed E-state index contributed by atoms with van der Waals surface area (Å²) in [6, 6.07) is 3.94. The van der Waals surface area contributed by atoms with Crippen LogP contribution in [-0.4, -0.2) is 41.2 Å². The van der Waals surface area contributed by atoms with Gasteiger partial charge in [-0.15, -0.1) is 0 Å². The van der Waals surface area contributed by atoms with Crippen LogP contribution in [0.3, 0.4) is 0 Å². The molecule has 5 atom stereocenters. The second kappa shape index (κ2) is 8.54. The Hall–Kier alpha value is -1.93. The Morgan fingerprint density at radius 1 is 1.19 bits per heavy atom. The van der Waals surface area contributed by atoms with Crippen LogP contribution >= 0.6 is 27.5 Å². The molecule has 31 heavy (non-hydrogen) atoms. The summed E-state index contributed by atoms with van der Waals surface area (Å²) in [5, 5.41) is 2.92. The number of carbonyl (C=O) groups is 4. The van der Waals surface area contributed by atoms with Crippen LogP contribution < -0.4 is 5.32 Å². The number of hydrogen-bond acceptors (Lipinski definition) is 5. The SMILES string of the molecule is CC(C)[C@H](C(=O)OCC(=O)Nc1ccc(Br)cc1Cl)N1C(=O)[C@H]2[C@H]3CC[C@@H](C3)[C@@H]2C1=O. The molecule has 0 radical (unpaired) electrons. The van der Waals surface area contributed by atoms with Crippen molar-refractivity contribution in [3.63, 3.8) is 0 Å². The van der Waals surface area contributed by atoms with Crippen molar-refractivity contribution in [3.05, 3.63) is 27.7 Å². The highest BCUT2D eigenvalue weighted by Gasteiger charge is 2.62. The van der Waals surface area contributed by atoms with Crippen molar-refractivity contribution in [1.29, 1.82) is 0 Å². The Kier molecular flexibility index (Phi) is 6.14. The lowest BCUT2D eigenvalue weighted by molar-refractivity contribution is -0.162. The molecule has 1 aromatic carbocycles. The summed E-state index contributed by atoms with van der Waals surface area (Å²) in [6.45, 7) is 2.98. The van der Waals surface area contributed by atoms with E-state index in [1.54, 1.807) is 32.0 Å². The fourth-order valence-electron chi connectivity index (χ4n) is 5.38. The first kappa shape index (κ1) is 22.3. The van der Waals surface area contributed by atoms with Crippen LogP contribution in [0, 0.1) is 29.6 Å². The predicted molar refractivity (Wildman–Crippen MR) is 117 cm³/mol. The van der Waals surface area contributed by atoms with Gasteiger partial charge in [0.25, 0.3) is 5.91 Å². The second-order valence-corrected chi connectivity index (χ2v) is 10.2. The lowest BCUT2D eigenvalue weighted by Crippen LogP contribution is -2.50. The molecule has 7 nitrogen and oxygen atoms in total. The highest BCUT2D eigenvalue weighted by Crippen LogP contribution is 2.56.